The third-order valence-corrected chi connectivity index (χ3v) is 4.35. The summed E-state index contributed by atoms with van der Waals surface area (Å²) in [6.07, 6.45) is 0. The molecule has 1 N–H and O–H groups in total. The van der Waals surface area contributed by atoms with E-state index in [9.17, 15) is 0 Å². The molecule has 2 aromatic carbocycles. The maximum atomic E-state index is 5.42. The molecule has 0 saturated carbocycles. The average molecular weight is 257 g/mol. The van der Waals surface area contributed by atoms with Crippen LogP contribution in [0.2, 0.25) is 0 Å². The van der Waals surface area contributed by atoms with Crippen LogP contribution in [0.1, 0.15) is 10.9 Å². The van der Waals surface area contributed by atoms with Crippen LogP contribution in [0.15, 0.2) is 47.4 Å². The fourth-order valence-corrected chi connectivity index (χ4v) is 3.35. The molecule has 0 bridgehead atoms. The van der Waals surface area contributed by atoms with Crippen LogP contribution >= 0.6 is 11.8 Å². The Morgan fingerprint density at radius 2 is 1.94 bits per heavy atom. The van der Waals surface area contributed by atoms with Crippen LogP contribution in [-0.2, 0) is 0 Å². The Hall–Kier alpha value is -1.81. The van der Waals surface area contributed by atoms with E-state index in [4.69, 9.17) is 9.47 Å². The lowest BCUT2D eigenvalue weighted by molar-refractivity contribution is 0.174. The molecule has 0 aromatic heterocycles. The fraction of sp³-hybridized carbons (Fsp3) is 0.143. The lowest BCUT2D eigenvalue weighted by atomic mass is 10.2. The summed E-state index contributed by atoms with van der Waals surface area (Å²) in [5.74, 6) is 1.67. The first kappa shape index (κ1) is 10.1. The number of para-hydroxylation sites is 1. The molecular weight excluding hydrogens is 246 g/mol. The molecule has 2 aliphatic rings. The van der Waals surface area contributed by atoms with Gasteiger partial charge in [-0.3, -0.25) is 0 Å². The smallest absolute Gasteiger partial charge is 0.231 e. The van der Waals surface area contributed by atoms with E-state index in [0.717, 1.165) is 11.5 Å². The van der Waals surface area contributed by atoms with Gasteiger partial charge in [-0.15, -0.1) is 0 Å². The molecule has 90 valence electrons. The van der Waals surface area contributed by atoms with Gasteiger partial charge in [0.2, 0.25) is 6.79 Å². The van der Waals surface area contributed by atoms with Crippen molar-refractivity contribution in [2.75, 3.05) is 12.1 Å². The molecule has 1 atom stereocenters. The molecule has 2 aromatic rings. The average Bonchev–Trinajstić information content (AvgIpc) is 3.04. The molecular formula is C14H11NO2S. The molecule has 2 aliphatic heterocycles. The number of rotatable bonds is 1. The van der Waals surface area contributed by atoms with E-state index >= 15 is 0 Å². The van der Waals surface area contributed by atoms with E-state index in [-0.39, 0.29) is 5.37 Å². The summed E-state index contributed by atoms with van der Waals surface area (Å²) in [5.41, 5.74) is 2.41. The third-order valence-electron chi connectivity index (χ3n) is 3.12. The van der Waals surface area contributed by atoms with Crippen molar-refractivity contribution < 1.29 is 9.47 Å². The molecule has 0 unspecified atom stereocenters. The van der Waals surface area contributed by atoms with Gasteiger partial charge in [0.1, 0.15) is 5.37 Å². The van der Waals surface area contributed by atoms with Gasteiger partial charge in [0.05, 0.1) is 0 Å². The lowest BCUT2D eigenvalue weighted by Crippen LogP contribution is -2.00. The van der Waals surface area contributed by atoms with Gasteiger partial charge in [-0.2, -0.15) is 0 Å². The van der Waals surface area contributed by atoms with Crippen molar-refractivity contribution in [2.24, 2.45) is 0 Å². The number of anilines is 1. The highest BCUT2D eigenvalue weighted by molar-refractivity contribution is 8.00. The number of hydrogen-bond acceptors (Lipinski definition) is 4. The number of ether oxygens (including phenoxy) is 2. The van der Waals surface area contributed by atoms with Gasteiger partial charge < -0.3 is 14.8 Å². The highest BCUT2D eigenvalue weighted by Crippen LogP contribution is 2.47. The van der Waals surface area contributed by atoms with Crippen molar-refractivity contribution in [1.82, 2.24) is 0 Å². The molecule has 2 heterocycles. The van der Waals surface area contributed by atoms with Gasteiger partial charge in [0.25, 0.3) is 0 Å². The normalized spacial score (nSPS) is 19.4. The summed E-state index contributed by atoms with van der Waals surface area (Å²) in [4.78, 5) is 1.29. The highest BCUT2D eigenvalue weighted by Gasteiger charge is 2.24. The largest absolute Gasteiger partial charge is 0.454 e. The van der Waals surface area contributed by atoms with Crippen LogP contribution < -0.4 is 14.8 Å². The zero-order valence-corrected chi connectivity index (χ0v) is 10.4. The minimum absolute atomic E-state index is 0.247. The van der Waals surface area contributed by atoms with Crippen molar-refractivity contribution in [3.63, 3.8) is 0 Å². The van der Waals surface area contributed by atoms with E-state index in [2.05, 4.69) is 41.7 Å². The van der Waals surface area contributed by atoms with Crippen molar-refractivity contribution >= 4 is 17.4 Å². The van der Waals surface area contributed by atoms with Gasteiger partial charge >= 0.3 is 0 Å². The van der Waals surface area contributed by atoms with E-state index in [1.165, 1.54) is 16.1 Å². The fourth-order valence-electron chi connectivity index (χ4n) is 2.21. The number of benzene rings is 2. The molecule has 4 heteroatoms. The van der Waals surface area contributed by atoms with Gasteiger partial charge in [-0.1, -0.05) is 30.0 Å². The predicted molar refractivity (Wildman–Crippen MR) is 71.2 cm³/mol. The molecule has 3 nitrogen and oxygen atoms in total. The van der Waals surface area contributed by atoms with Crippen LogP contribution in [0.5, 0.6) is 11.5 Å². The van der Waals surface area contributed by atoms with E-state index < -0.39 is 0 Å². The Labute approximate surface area is 109 Å². The van der Waals surface area contributed by atoms with Gasteiger partial charge in [0.15, 0.2) is 11.5 Å². The molecule has 0 radical (unpaired) electrons. The van der Waals surface area contributed by atoms with Crippen molar-refractivity contribution in [1.29, 1.82) is 0 Å². The van der Waals surface area contributed by atoms with Gasteiger partial charge in [-0.25, -0.2) is 0 Å². The third kappa shape index (κ3) is 1.53. The molecule has 4 rings (SSSR count). The maximum absolute atomic E-state index is 5.42. The summed E-state index contributed by atoms with van der Waals surface area (Å²) in [6, 6.07) is 14.5. The standard InChI is InChI=1S/C14H11NO2S/c1-2-4-13-10(3-1)15-14(18-13)9-5-6-11-12(7-9)17-8-16-11/h1-7,14-15H,8H2/t14-/m1/s1. The summed E-state index contributed by atoms with van der Waals surface area (Å²) in [5, 5.41) is 3.76. The van der Waals surface area contributed by atoms with Crippen molar-refractivity contribution in [3.8, 4) is 11.5 Å². The first-order valence-corrected chi connectivity index (χ1v) is 6.70. The minimum Gasteiger partial charge on any atom is -0.454 e. The Bertz CT molecular complexity index is 589. The molecule has 0 amide bonds. The first-order chi connectivity index (χ1) is 8.90. The van der Waals surface area contributed by atoms with Crippen LogP contribution in [0, 0.1) is 0 Å². The lowest BCUT2D eigenvalue weighted by Gasteiger charge is -2.11. The maximum Gasteiger partial charge on any atom is 0.231 e. The van der Waals surface area contributed by atoms with E-state index in [1.807, 2.05) is 17.8 Å². The van der Waals surface area contributed by atoms with Crippen LogP contribution in [0.25, 0.3) is 0 Å². The van der Waals surface area contributed by atoms with Crippen molar-refractivity contribution in [3.05, 3.63) is 48.0 Å². The summed E-state index contributed by atoms with van der Waals surface area (Å²) < 4.78 is 10.7. The summed E-state index contributed by atoms with van der Waals surface area (Å²) in [7, 11) is 0. The topological polar surface area (TPSA) is 30.5 Å². The molecule has 18 heavy (non-hydrogen) atoms. The van der Waals surface area contributed by atoms with Gasteiger partial charge in [0, 0.05) is 10.6 Å². The Morgan fingerprint density at radius 1 is 1.06 bits per heavy atom. The quantitative estimate of drug-likeness (QED) is 0.845. The zero-order chi connectivity index (χ0) is 11.9. The molecule has 0 spiro atoms. The predicted octanol–water partition coefficient (Wildman–Crippen LogP) is 3.63. The Kier molecular flexibility index (Phi) is 2.17. The van der Waals surface area contributed by atoms with E-state index in [1.54, 1.807) is 0 Å². The second kappa shape index (κ2) is 3.85. The van der Waals surface area contributed by atoms with Crippen molar-refractivity contribution in [2.45, 2.75) is 10.3 Å². The van der Waals surface area contributed by atoms with Gasteiger partial charge in [-0.05, 0) is 29.8 Å². The molecule has 0 aliphatic carbocycles. The molecule has 0 fully saturated rings. The zero-order valence-electron chi connectivity index (χ0n) is 9.55. The Morgan fingerprint density at radius 3 is 2.89 bits per heavy atom. The number of nitrogens with one attached hydrogen (secondary N) is 1. The van der Waals surface area contributed by atoms with E-state index in [0.29, 0.717) is 6.79 Å². The number of thioether (sulfide) groups is 1. The monoisotopic (exact) mass is 257 g/mol. The Balaban J connectivity index is 1.66. The summed E-state index contributed by atoms with van der Waals surface area (Å²) in [6.45, 7) is 0.324. The van der Waals surface area contributed by atoms with Crippen LogP contribution in [0.4, 0.5) is 5.69 Å². The molecule has 0 saturated heterocycles. The SMILES string of the molecule is c1ccc2c(c1)N[C@@H](c1ccc3c(c1)OCO3)S2. The highest BCUT2D eigenvalue weighted by atomic mass is 32.2. The minimum atomic E-state index is 0.247. The second-order valence-corrected chi connectivity index (χ2v) is 5.40. The number of fused-ring (bicyclic) bond motifs is 2. The van der Waals surface area contributed by atoms with Crippen LogP contribution in [0.3, 0.4) is 0 Å². The van der Waals surface area contributed by atoms with Crippen LogP contribution in [-0.4, -0.2) is 6.79 Å². The second-order valence-electron chi connectivity index (χ2n) is 4.25. The number of hydrogen-bond donors (Lipinski definition) is 1. The summed E-state index contributed by atoms with van der Waals surface area (Å²) >= 11 is 1.83. The first-order valence-electron chi connectivity index (χ1n) is 5.82.